The van der Waals surface area contributed by atoms with Crippen LogP contribution in [0.5, 0.6) is 0 Å². The van der Waals surface area contributed by atoms with Gasteiger partial charge in [-0.2, -0.15) is 0 Å². The number of aryl methyl sites for hydroxylation is 1. The molecule has 2 rings (SSSR count). The van der Waals surface area contributed by atoms with Crippen LogP contribution in [0.2, 0.25) is 0 Å². The second-order valence-electron chi connectivity index (χ2n) is 5.03. The molecule has 4 nitrogen and oxygen atoms in total. The standard InChI is InChI=1S/C14H23N3OS/c1-4-12-8-16-14(19-12)10(3)15-9-13(18)17(5-2)11-6-7-11/h8,10-11,15H,4-7,9H2,1-3H3. The van der Waals surface area contributed by atoms with E-state index in [-0.39, 0.29) is 11.9 Å². The summed E-state index contributed by atoms with van der Waals surface area (Å²) in [5.74, 6) is 0.212. The molecule has 1 aliphatic rings. The summed E-state index contributed by atoms with van der Waals surface area (Å²) < 4.78 is 0. The third kappa shape index (κ3) is 3.76. The third-order valence-corrected chi connectivity index (χ3v) is 4.82. The molecule has 1 N–H and O–H groups in total. The lowest BCUT2D eigenvalue weighted by Gasteiger charge is -2.21. The van der Waals surface area contributed by atoms with Crippen LogP contribution in [0.25, 0.3) is 0 Å². The lowest BCUT2D eigenvalue weighted by atomic mass is 10.3. The van der Waals surface area contributed by atoms with Crippen LogP contribution < -0.4 is 5.32 Å². The number of nitrogens with zero attached hydrogens (tertiary/aromatic N) is 2. The summed E-state index contributed by atoms with van der Waals surface area (Å²) in [7, 11) is 0. The van der Waals surface area contributed by atoms with Crippen LogP contribution in [-0.4, -0.2) is 34.9 Å². The zero-order chi connectivity index (χ0) is 13.8. The molecule has 0 saturated heterocycles. The molecule has 1 amide bonds. The minimum Gasteiger partial charge on any atom is -0.339 e. The Morgan fingerprint density at radius 3 is 2.84 bits per heavy atom. The summed E-state index contributed by atoms with van der Waals surface area (Å²) in [6, 6.07) is 0.647. The van der Waals surface area contributed by atoms with Gasteiger partial charge in [0.15, 0.2) is 0 Å². The number of thiazole rings is 1. The van der Waals surface area contributed by atoms with Crippen molar-refractivity contribution in [2.75, 3.05) is 13.1 Å². The molecule has 0 radical (unpaired) electrons. The Bertz CT molecular complexity index is 428. The summed E-state index contributed by atoms with van der Waals surface area (Å²) in [6.07, 6.45) is 5.29. The van der Waals surface area contributed by atoms with Gasteiger partial charge in [-0.15, -0.1) is 11.3 Å². The van der Waals surface area contributed by atoms with Gasteiger partial charge in [-0.3, -0.25) is 10.1 Å². The average Bonchev–Trinajstić information content (AvgIpc) is 3.12. The van der Waals surface area contributed by atoms with Crippen molar-refractivity contribution < 1.29 is 4.79 Å². The fourth-order valence-corrected chi connectivity index (χ4v) is 3.02. The molecule has 0 aliphatic heterocycles. The van der Waals surface area contributed by atoms with Crippen LogP contribution in [0.15, 0.2) is 6.20 Å². The van der Waals surface area contributed by atoms with Gasteiger partial charge in [0.2, 0.25) is 5.91 Å². The second kappa shape index (κ2) is 6.48. The van der Waals surface area contributed by atoms with Gasteiger partial charge in [0, 0.05) is 23.7 Å². The molecular formula is C14H23N3OS. The maximum absolute atomic E-state index is 12.1. The highest BCUT2D eigenvalue weighted by atomic mass is 32.1. The van der Waals surface area contributed by atoms with Crippen molar-refractivity contribution in [2.24, 2.45) is 0 Å². The quantitative estimate of drug-likeness (QED) is 0.834. The summed E-state index contributed by atoms with van der Waals surface area (Å²) >= 11 is 1.73. The number of nitrogens with one attached hydrogen (secondary N) is 1. The van der Waals surface area contributed by atoms with Gasteiger partial charge in [-0.1, -0.05) is 6.92 Å². The number of likely N-dealkylation sites (N-methyl/N-ethyl adjacent to an activating group) is 1. The van der Waals surface area contributed by atoms with Gasteiger partial charge in [-0.25, -0.2) is 4.98 Å². The lowest BCUT2D eigenvalue weighted by Crippen LogP contribution is -2.40. The largest absolute Gasteiger partial charge is 0.339 e. The molecule has 0 spiro atoms. The fourth-order valence-electron chi connectivity index (χ4n) is 2.14. The number of hydrogen-bond donors (Lipinski definition) is 1. The van der Waals surface area contributed by atoms with Crippen LogP contribution >= 0.6 is 11.3 Å². The zero-order valence-corrected chi connectivity index (χ0v) is 12.8. The first-order valence-electron chi connectivity index (χ1n) is 7.13. The minimum atomic E-state index is 0.146. The van der Waals surface area contributed by atoms with Crippen LogP contribution in [0.4, 0.5) is 0 Å². The zero-order valence-electron chi connectivity index (χ0n) is 12.0. The van der Waals surface area contributed by atoms with Crippen molar-refractivity contribution in [1.29, 1.82) is 0 Å². The molecule has 1 aromatic heterocycles. The number of hydrogen-bond acceptors (Lipinski definition) is 4. The van der Waals surface area contributed by atoms with E-state index in [1.807, 2.05) is 18.0 Å². The molecule has 1 aromatic rings. The van der Waals surface area contributed by atoms with E-state index in [1.165, 1.54) is 17.7 Å². The van der Waals surface area contributed by atoms with Crippen LogP contribution in [0.3, 0.4) is 0 Å². The number of rotatable bonds is 7. The molecule has 1 saturated carbocycles. The number of amides is 1. The number of carbonyl (C=O) groups is 1. The van der Waals surface area contributed by atoms with Gasteiger partial charge in [-0.05, 0) is 33.1 Å². The first kappa shape index (κ1) is 14.5. The maximum Gasteiger partial charge on any atom is 0.236 e. The van der Waals surface area contributed by atoms with Gasteiger partial charge in [0.05, 0.1) is 12.6 Å². The monoisotopic (exact) mass is 281 g/mol. The predicted octanol–water partition coefficient (Wildman–Crippen LogP) is 2.37. The van der Waals surface area contributed by atoms with Gasteiger partial charge in [0.25, 0.3) is 0 Å². The molecule has 1 unspecified atom stereocenters. The van der Waals surface area contributed by atoms with Crippen molar-refractivity contribution in [3.8, 4) is 0 Å². The lowest BCUT2D eigenvalue weighted by molar-refractivity contribution is -0.130. The van der Waals surface area contributed by atoms with E-state index in [0.29, 0.717) is 12.6 Å². The Labute approximate surface area is 119 Å². The van der Waals surface area contributed by atoms with Crippen molar-refractivity contribution >= 4 is 17.2 Å². The van der Waals surface area contributed by atoms with E-state index in [9.17, 15) is 4.79 Å². The van der Waals surface area contributed by atoms with E-state index in [1.54, 1.807) is 11.3 Å². The van der Waals surface area contributed by atoms with Crippen LogP contribution in [-0.2, 0) is 11.2 Å². The Hall–Kier alpha value is -0.940. The first-order chi connectivity index (χ1) is 9.15. The van der Waals surface area contributed by atoms with Crippen LogP contribution in [0, 0.1) is 0 Å². The van der Waals surface area contributed by atoms with Gasteiger partial charge < -0.3 is 4.90 Å². The molecule has 1 heterocycles. The summed E-state index contributed by atoms with van der Waals surface area (Å²) in [5, 5.41) is 4.36. The van der Waals surface area contributed by atoms with Gasteiger partial charge >= 0.3 is 0 Å². The minimum absolute atomic E-state index is 0.146. The molecule has 1 fully saturated rings. The van der Waals surface area contributed by atoms with E-state index in [4.69, 9.17) is 0 Å². The highest BCUT2D eigenvalue weighted by Gasteiger charge is 2.31. The van der Waals surface area contributed by atoms with Crippen molar-refractivity contribution in [3.05, 3.63) is 16.1 Å². The molecule has 0 aromatic carbocycles. The first-order valence-corrected chi connectivity index (χ1v) is 7.94. The van der Waals surface area contributed by atoms with Crippen molar-refractivity contribution in [3.63, 3.8) is 0 Å². The van der Waals surface area contributed by atoms with E-state index < -0.39 is 0 Å². The molecule has 19 heavy (non-hydrogen) atoms. The SMILES string of the molecule is CCc1cnc(C(C)NCC(=O)N(CC)C2CC2)s1. The average molecular weight is 281 g/mol. The molecule has 5 heteroatoms. The van der Waals surface area contributed by atoms with Crippen molar-refractivity contribution in [2.45, 2.75) is 52.1 Å². The molecule has 106 valence electrons. The Morgan fingerprint density at radius 2 is 2.32 bits per heavy atom. The number of aromatic nitrogens is 1. The van der Waals surface area contributed by atoms with E-state index in [2.05, 4.69) is 24.1 Å². The Morgan fingerprint density at radius 1 is 1.58 bits per heavy atom. The third-order valence-electron chi connectivity index (χ3n) is 3.50. The Balaban J connectivity index is 1.82. The fraction of sp³-hybridized carbons (Fsp3) is 0.714. The topological polar surface area (TPSA) is 45.2 Å². The second-order valence-corrected chi connectivity index (χ2v) is 6.18. The molecular weight excluding hydrogens is 258 g/mol. The normalized spacial score (nSPS) is 16.4. The van der Waals surface area contributed by atoms with Crippen LogP contribution in [0.1, 0.15) is 49.5 Å². The van der Waals surface area contributed by atoms with E-state index >= 15 is 0 Å². The predicted molar refractivity (Wildman–Crippen MR) is 78.3 cm³/mol. The number of carbonyl (C=O) groups excluding carboxylic acids is 1. The summed E-state index contributed by atoms with van der Waals surface area (Å²) in [4.78, 5) is 19.8. The van der Waals surface area contributed by atoms with Gasteiger partial charge in [0.1, 0.15) is 5.01 Å². The highest BCUT2D eigenvalue weighted by molar-refractivity contribution is 7.11. The summed E-state index contributed by atoms with van der Waals surface area (Å²) in [5.41, 5.74) is 0. The Kier molecular flexibility index (Phi) is 4.93. The molecule has 0 bridgehead atoms. The highest BCUT2D eigenvalue weighted by Crippen LogP contribution is 2.26. The van der Waals surface area contributed by atoms with Crippen molar-refractivity contribution in [1.82, 2.24) is 15.2 Å². The molecule has 1 atom stereocenters. The smallest absolute Gasteiger partial charge is 0.236 e. The molecule has 1 aliphatic carbocycles. The van der Waals surface area contributed by atoms with E-state index in [0.717, 1.165) is 18.0 Å². The summed E-state index contributed by atoms with van der Waals surface area (Å²) in [6.45, 7) is 7.48. The maximum atomic E-state index is 12.1.